The molecule has 0 radical (unpaired) electrons. The molecule has 3 heterocycles. The van der Waals surface area contributed by atoms with Gasteiger partial charge in [-0.3, -0.25) is 9.88 Å². The molecular weight excluding hydrogens is 432 g/mol. The first-order valence-corrected chi connectivity index (χ1v) is 12.1. The molecule has 2 aromatic carbocycles. The van der Waals surface area contributed by atoms with Crippen LogP contribution in [-0.2, 0) is 13.0 Å². The number of anilines is 3. The normalized spacial score (nSPS) is 17.8. The van der Waals surface area contributed by atoms with Gasteiger partial charge in [-0.2, -0.15) is 0 Å². The average Bonchev–Trinajstić information content (AvgIpc) is 3.21. The van der Waals surface area contributed by atoms with E-state index in [1.54, 1.807) is 6.20 Å². The number of hydrogen-bond donors (Lipinski definition) is 0. The standard InChI is InChI=1S/C27H31ClN4O/c1-30(2)22-11-9-20(10-12-22)13-15-31-14-5-6-23(31)18-32-25-7-3-4-8-27(25)33-19-24-26(32)16-21(28)17-29-24/h3-4,7-12,16-17,23H,5-6,13-15,18-19H2,1-2H3. The maximum absolute atomic E-state index is 6.37. The van der Waals surface area contributed by atoms with Crippen molar-refractivity contribution in [2.75, 3.05) is 43.5 Å². The Morgan fingerprint density at radius 1 is 1.09 bits per heavy atom. The molecule has 1 unspecified atom stereocenters. The lowest BCUT2D eigenvalue weighted by atomic mass is 10.1. The van der Waals surface area contributed by atoms with Crippen molar-refractivity contribution < 1.29 is 4.74 Å². The summed E-state index contributed by atoms with van der Waals surface area (Å²) in [5.41, 5.74) is 5.71. The summed E-state index contributed by atoms with van der Waals surface area (Å²) >= 11 is 6.37. The van der Waals surface area contributed by atoms with Gasteiger partial charge in [-0.25, -0.2) is 0 Å². The lowest BCUT2D eigenvalue weighted by Gasteiger charge is -2.32. The number of likely N-dealkylation sites (tertiary alicyclic amines) is 1. The van der Waals surface area contributed by atoms with Crippen LogP contribution in [0.4, 0.5) is 17.1 Å². The number of rotatable bonds is 6. The fraction of sp³-hybridized carbons (Fsp3) is 0.370. The molecule has 5 rings (SSSR count). The Hall–Kier alpha value is -2.76. The number of ether oxygens (including phenoxy) is 1. The van der Waals surface area contributed by atoms with Crippen molar-refractivity contribution in [1.82, 2.24) is 9.88 Å². The third-order valence-corrected chi connectivity index (χ3v) is 6.96. The highest BCUT2D eigenvalue weighted by Crippen LogP contribution is 2.40. The van der Waals surface area contributed by atoms with E-state index in [4.69, 9.17) is 16.3 Å². The number of aromatic nitrogens is 1. The van der Waals surface area contributed by atoms with Crippen LogP contribution in [0.25, 0.3) is 0 Å². The van der Waals surface area contributed by atoms with Crippen LogP contribution >= 0.6 is 11.6 Å². The second kappa shape index (κ2) is 9.62. The van der Waals surface area contributed by atoms with E-state index in [1.807, 2.05) is 18.2 Å². The zero-order valence-corrected chi connectivity index (χ0v) is 20.1. The summed E-state index contributed by atoms with van der Waals surface area (Å²) < 4.78 is 6.10. The van der Waals surface area contributed by atoms with Crippen LogP contribution in [0.3, 0.4) is 0 Å². The number of hydrogen-bond acceptors (Lipinski definition) is 5. The number of pyridine rings is 1. The molecule has 0 saturated carbocycles. The van der Waals surface area contributed by atoms with Crippen molar-refractivity contribution in [3.05, 3.63) is 77.1 Å². The highest BCUT2D eigenvalue weighted by atomic mass is 35.5. The first-order chi connectivity index (χ1) is 16.1. The van der Waals surface area contributed by atoms with Crippen LogP contribution in [0.2, 0.25) is 5.02 Å². The van der Waals surface area contributed by atoms with Crippen LogP contribution in [0, 0.1) is 0 Å². The van der Waals surface area contributed by atoms with Gasteiger partial charge in [0.1, 0.15) is 18.1 Å². The van der Waals surface area contributed by atoms with Gasteiger partial charge < -0.3 is 14.5 Å². The topological polar surface area (TPSA) is 31.8 Å². The molecule has 2 aliphatic rings. The minimum Gasteiger partial charge on any atom is -0.485 e. The molecule has 1 fully saturated rings. The van der Waals surface area contributed by atoms with Gasteiger partial charge in [-0.1, -0.05) is 35.9 Å². The van der Waals surface area contributed by atoms with E-state index >= 15 is 0 Å². The minimum atomic E-state index is 0.456. The van der Waals surface area contributed by atoms with Crippen LogP contribution in [0.1, 0.15) is 24.1 Å². The molecule has 3 aromatic rings. The van der Waals surface area contributed by atoms with Gasteiger partial charge in [-0.15, -0.1) is 0 Å². The Kier molecular flexibility index (Phi) is 6.43. The van der Waals surface area contributed by atoms with Crippen molar-refractivity contribution in [2.45, 2.75) is 31.9 Å². The van der Waals surface area contributed by atoms with Gasteiger partial charge in [0.05, 0.1) is 16.4 Å². The van der Waals surface area contributed by atoms with Gasteiger partial charge in [0.2, 0.25) is 0 Å². The molecule has 2 aliphatic heterocycles. The average molecular weight is 463 g/mol. The zero-order chi connectivity index (χ0) is 22.8. The maximum atomic E-state index is 6.37. The van der Waals surface area contributed by atoms with E-state index in [0.717, 1.165) is 48.9 Å². The molecule has 5 nitrogen and oxygen atoms in total. The summed E-state index contributed by atoms with van der Waals surface area (Å²) in [4.78, 5) is 11.7. The molecule has 6 heteroatoms. The van der Waals surface area contributed by atoms with E-state index in [9.17, 15) is 0 Å². The molecule has 1 aromatic heterocycles. The van der Waals surface area contributed by atoms with E-state index in [1.165, 1.54) is 24.1 Å². The van der Waals surface area contributed by atoms with Gasteiger partial charge in [0.25, 0.3) is 0 Å². The van der Waals surface area contributed by atoms with Crippen molar-refractivity contribution in [1.29, 1.82) is 0 Å². The summed E-state index contributed by atoms with van der Waals surface area (Å²) in [5, 5.41) is 0.655. The Morgan fingerprint density at radius 3 is 2.73 bits per heavy atom. The number of nitrogens with zero attached hydrogens (tertiary/aromatic N) is 4. The first-order valence-electron chi connectivity index (χ1n) is 11.7. The Morgan fingerprint density at radius 2 is 1.91 bits per heavy atom. The molecule has 1 atom stereocenters. The molecule has 0 bridgehead atoms. The molecule has 0 spiro atoms. The second-order valence-corrected chi connectivity index (χ2v) is 9.57. The van der Waals surface area contributed by atoms with E-state index in [0.29, 0.717) is 17.7 Å². The molecule has 0 amide bonds. The summed E-state index contributed by atoms with van der Waals surface area (Å²) in [6.45, 7) is 3.57. The smallest absolute Gasteiger partial charge is 0.143 e. The number of para-hydroxylation sites is 2. The molecule has 33 heavy (non-hydrogen) atoms. The molecule has 1 saturated heterocycles. The first kappa shape index (κ1) is 22.1. The SMILES string of the molecule is CN(C)c1ccc(CCN2CCCC2CN2c3ccccc3OCc3ncc(Cl)cc32)cc1. The molecule has 0 aliphatic carbocycles. The number of halogens is 1. The summed E-state index contributed by atoms with van der Waals surface area (Å²) in [6.07, 6.45) is 5.20. The van der Waals surface area contributed by atoms with Crippen molar-refractivity contribution >= 4 is 28.7 Å². The van der Waals surface area contributed by atoms with Crippen LogP contribution in [0.5, 0.6) is 5.75 Å². The number of benzene rings is 2. The van der Waals surface area contributed by atoms with Gasteiger partial charge >= 0.3 is 0 Å². The lowest BCUT2D eigenvalue weighted by Crippen LogP contribution is -2.39. The van der Waals surface area contributed by atoms with Gasteiger partial charge in [-0.05, 0) is 61.7 Å². The predicted molar refractivity (Wildman–Crippen MR) is 136 cm³/mol. The van der Waals surface area contributed by atoms with E-state index in [2.05, 4.69) is 70.2 Å². The van der Waals surface area contributed by atoms with Crippen molar-refractivity contribution in [3.8, 4) is 5.75 Å². The molecular formula is C27H31ClN4O. The molecule has 172 valence electrons. The predicted octanol–water partition coefficient (Wildman–Crippen LogP) is 5.54. The quantitative estimate of drug-likeness (QED) is 0.480. The zero-order valence-electron chi connectivity index (χ0n) is 19.4. The Labute approximate surface area is 201 Å². The second-order valence-electron chi connectivity index (χ2n) is 9.13. The van der Waals surface area contributed by atoms with Crippen molar-refractivity contribution in [3.63, 3.8) is 0 Å². The highest BCUT2D eigenvalue weighted by molar-refractivity contribution is 6.30. The maximum Gasteiger partial charge on any atom is 0.143 e. The molecule has 0 N–H and O–H groups in total. The monoisotopic (exact) mass is 462 g/mol. The van der Waals surface area contributed by atoms with Crippen molar-refractivity contribution in [2.24, 2.45) is 0 Å². The van der Waals surface area contributed by atoms with Crippen LogP contribution in [-0.4, -0.2) is 49.7 Å². The van der Waals surface area contributed by atoms with Gasteiger partial charge in [0, 0.05) is 45.1 Å². The summed E-state index contributed by atoms with van der Waals surface area (Å²) in [6, 6.07) is 19.7. The van der Waals surface area contributed by atoms with E-state index in [-0.39, 0.29) is 0 Å². The summed E-state index contributed by atoms with van der Waals surface area (Å²) in [5.74, 6) is 0.900. The number of fused-ring (bicyclic) bond motifs is 2. The largest absolute Gasteiger partial charge is 0.485 e. The third-order valence-electron chi connectivity index (χ3n) is 6.76. The minimum absolute atomic E-state index is 0.456. The third kappa shape index (κ3) is 4.80. The van der Waals surface area contributed by atoms with Crippen LogP contribution in [0.15, 0.2) is 60.8 Å². The van der Waals surface area contributed by atoms with E-state index < -0.39 is 0 Å². The van der Waals surface area contributed by atoms with Crippen LogP contribution < -0.4 is 14.5 Å². The summed E-state index contributed by atoms with van der Waals surface area (Å²) in [7, 11) is 4.16. The van der Waals surface area contributed by atoms with Gasteiger partial charge in [0.15, 0.2) is 0 Å². The highest BCUT2D eigenvalue weighted by Gasteiger charge is 2.30. The fourth-order valence-corrected chi connectivity index (χ4v) is 5.07. The fourth-order valence-electron chi connectivity index (χ4n) is 4.92. The lowest BCUT2D eigenvalue weighted by molar-refractivity contribution is 0.261. The Bertz CT molecular complexity index is 1100. The Balaban J connectivity index is 1.35.